The number of ether oxygens (including phenoxy) is 1. The second kappa shape index (κ2) is 6.49. The molecule has 1 aromatic rings. The Labute approximate surface area is 98.6 Å². The Balaban J connectivity index is 2.61. The fourth-order valence-corrected chi connectivity index (χ4v) is 1.21. The van der Waals surface area contributed by atoms with E-state index in [4.69, 9.17) is 9.84 Å². The van der Waals surface area contributed by atoms with Crippen molar-refractivity contribution in [3.63, 3.8) is 0 Å². The van der Waals surface area contributed by atoms with Crippen molar-refractivity contribution in [1.29, 1.82) is 0 Å². The van der Waals surface area contributed by atoms with Crippen LogP contribution in [0.3, 0.4) is 0 Å². The number of carbonyl (C=O) groups is 2. The normalized spacial score (nSPS) is 9.71. The van der Waals surface area contributed by atoms with Gasteiger partial charge >= 0.3 is 12.0 Å². The molecule has 6 nitrogen and oxygen atoms in total. The summed E-state index contributed by atoms with van der Waals surface area (Å²) in [5, 5.41) is 13.9. The molecule has 0 fully saturated rings. The van der Waals surface area contributed by atoms with Gasteiger partial charge in [-0.3, -0.25) is 0 Å². The molecule has 0 spiro atoms. The van der Waals surface area contributed by atoms with E-state index in [0.717, 1.165) is 0 Å². The van der Waals surface area contributed by atoms with Crippen LogP contribution < -0.4 is 10.6 Å². The highest BCUT2D eigenvalue weighted by Gasteiger charge is 2.10. The molecule has 17 heavy (non-hydrogen) atoms. The SMILES string of the molecule is COCCNC(=O)Nc1ccccc1C(=O)O. The minimum Gasteiger partial charge on any atom is -0.478 e. The molecule has 3 N–H and O–H groups in total. The fourth-order valence-electron chi connectivity index (χ4n) is 1.21. The van der Waals surface area contributed by atoms with Gasteiger partial charge in [-0.1, -0.05) is 12.1 Å². The van der Waals surface area contributed by atoms with Gasteiger partial charge in [-0.25, -0.2) is 9.59 Å². The molecule has 0 saturated carbocycles. The number of hydrogen-bond acceptors (Lipinski definition) is 3. The van der Waals surface area contributed by atoms with Crippen LogP contribution in [0.25, 0.3) is 0 Å². The van der Waals surface area contributed by atoms with Crippen molar-refractivity contribution < 1.29 is 19.4 Å². The fraction of sp³-hybridized carbons (Fsp3) is 0.273. The maximum Gasteiger partial charge on any atom is 0.337 e. The van der Waals surface area contributed by atoms with Crippen LogP contribution in [-0.2, 0) is 4.74 Å². The van der Waals surface area contributed by atoms with E-state index in [1.54, 1.807) is 12.1 Å². The number of carboxylic acid groups (broad SMARTS) is 1. The lowest BCUT2D eigenvalue weighted by atomic mass is 10.2. The van der Waals surface area contributed by atoms with Crippen LogP contribution in [0, 0.1) is 0 Å². The molecule has 2 amide bonds. The van der Waals surface area contributed by atoms with Gasteiger partial charge in [0.25, 0.3) is 0 Å². The van der Waals surface area contributed by atoms with Crippen molar-refractivity contribution in [2.75, 3.05) is 25.6 Å². The maximum atomic E-state index is 11.4. The third kappa shape index (κ3) is 4.12. The minimum atomic E-state index is -1.09. The zero-order chi connectivity index (χ0) is 12.7. The molecule has 0 aliphatic carbocycles. The number of carboxylic acids is 1. The Hall–Kier alpha value is -2.08. The minimum absolute atomic E-state index is 0.0504. The molecule has 0 unspecified atom stereocenters. The Kier molecular flexibility index (Phi) is 4.96. The topological polar surface area (TPSA) is 87.7 Å². The monoisotopic (exact) mass is 238 g/mol. The number of hydrogen-bond donors (Lipinski definition) is 3. The highest BCUT2D eigenvalue weighted by Crippen LogP contribution is 2.14. The third-order valence-corrected chi connectivity index (χ3v) is 2.00. The van der Waals surface area contributed by atoms with Crippen molar-refractivity contribution >= 4 is 17.7 Å². The molecule has 0 heterocycles. The molecule has 0 bridgehead atoms. The summed E-state index contributed by atoms with van der Waals surface area (Å²) in [6.45, 7) is 0.756. The number of rotatable bonds is 5. The highest BCUT2D eigenvalue weighted by molar-refractivity contribution is 5.99. The summed E-state index contributed by atoms with van der Waals surface area (Å²) >= 11 is 0. The Morgan fingerprint density at radius 3 is 2.71 bits per heavy atom. The molecule has 0 radical (unpaired) electrons. The first-order valence-corrected chi connectivity index (χ1v) is 5.01. The molecule has 6 heteroatoms. The van der Waals surface area contributed by atoms with Gasteiger partial charge in [-0.05, 0) is 12.1 Å². The number of aromatic carboxylic acids is 1. The molecule has 0 aromatic heterocycles. The quantitative estimate of drug-likeness (QED) is 0.671. The first kappa shape index (κ1) is 13.0. The van der Waals surface area contributed by atoms with Crippen molar-refractivity contribution in [3.8, 4) is 0 Å². The number of anilines is 1. The van der Waals surface area contributed by atoms with Gasteiger partial charge in [0.05, 0.1) is 17.9 Å². The Bertz CT molecular complexity index is 406. The van der Waals surface area contributed by atoms with Crippen molar-refractivity contribution in [2.24, 2.45) is 0 Å². The lowest BCUT2D eigenvalue weighted by Gasteiger charge is -2.09. The first-order chi connectivity index (χ1) is 8.15. The van der Waals surface area contributed by atoms with Gasteiger partial charge in [0.1, 0.15) is 0 Å². The second-order valence-electron chi connectivity index (χ2n) is 3.22. The predicted molar refractivity (Wildman–Crippen MR) is 62.3 cm³/mol. The highest BCUT2D eigenvalue weighted by atomic mass is 16.5. The van der Waals surface area contributed by atoms with Crippen LogP contribution in [0.2, 0.25) is 0 Å². The number of para-hydroxylation sites is 1. The summed E-state index contributed by atoms with van der Waals surface area (Å²) in [5.74, 6) is -1.09. The summed E-state index contributed by atoms with van der Waals surface area (Å²) in [6.07, 6.45) is 0. The molecule has 0 saturated heterocycles. The molecule has 0 aliphatic rings. The number of benzene rings is 1. The van der Waals surface area contributed by atoms with E-state index in [-0.39, 0.29) is 11.3 Å². The third-order valence-electron chi connectivity index (χ3n) is 2.00. The number of nitrogens with one attached hydrogen (secondary N) is 2. The summed E-state index contributed by atoms with van der Waals surface area (Å²) in [7, 11) is 1.53. The molecule has 1 aromatic carbocycles. The predicted octanol–water partition coefficient (Wildman–Crippen LogP) is 1.15. The molecule has 1 rings (SSSR count). The van der Waals surface area contributed by atoms with Gasteiger partial charge in [0.15, 0.2) is 0 Å². The van der Waals surface area contributed by atoms with Gasteiger partial charge in [0, 0.05) is 13.7 Å². The first-order valence-electron chi connectivity index (χ1n) is 5.01. The average molecular weight is 238 g/mol. The van der Waals surface area contributed by atoms with Gasteiger partial charge in [0.2, 0.25) is 0 Å². The van der Waals surface area contributed by atoms with Gasteiger partial charge in [-0.2, -0.15) is 0 Å². The molecule has 0 atom stereocenters. The lowest BCUT2D eigenvalue weighted by molar-refractivity contribution is 0.0698. The largest absolute Gasteiger partial charge is 0.478 e. The molecular formula is C11H14N2O4. The van der Waals surface area contributed by atoms with Crippen molar-refractivity contribution in [1.82, 2.24) is 5.32 Å². The summed E-state index contributed by atoms with van der Waals surface area (Å²) in [5.41, 5.74) is 0.310. The van der Waals surface area contributed by atoms with Gasteiger partial charge < -0.3 is 20.5 Å². The number of methoxy groups -OCH3 is 1. The van der Waals surface area contributed by atoms with Crippen LogP contribution in [-0.4, -0.2) is 37.4 Å². The van der Waals surface area contributed by atoms with E-state index in [0.29, 0.717) is 13.2 Å². The summed E-state index contributed by atoms with van der Waals surface area (Å²) in [4.78, 5) is 22.3. The summed E-state index contributed by atoms with van der Waals surface area (Å²) < 4.78 is 4.77. The number of urea groups is 1. The second-order valence-corrected chi connectivity index (χ2v) is 3.22. The number of carbonyl (C=O) groups excluding carboxylic acids is 1. The zero-order valence-electron chi connectivity index (χ0n) is 9.40. The standard InChI is InChI=1S/C11H14N2O4/c1-17-7-6-12-11(16)13-9-5-3-2-4-8(9)10(14)15/h2-5H,6-7H2,1H3,(H,14,15)(H2,12,13,16). The van der Waals surface area contributed by atoms with Gasteiger partial charge in [-0.15, -0.1) is 0 Å². The summed E-state index contributed by atoms with van der Waals surface area (Å²) in [6, 6.07) is 5.73. The van der Waals surface area contributed by atoms with E-state index in [2.05, 4.69) is 10.6 Å². The smallest absolute Gasteiger partial charge is 0.337 e. The van der Waals surface area contributed by atoms with E-state index >= 15 is 0 Å². The van der Waals surface area contributed by atoms with E-state index in [1.807, 2.05) is 0 Å². The van der Waals surface area contributed by atoms with E-state index in [9.17, 15) is 9.59 Å². The molecule has 0 aliphatic heterocycles. The zero-order valence-corrected chi connectivity index (χ0v) is 9.40. The van der Waals surface area contributed by atoms with Crippen molar-refractivity contribution in [3.05, 3.63) is 29.8 Å². The van der Waals surface area contributed by atoms with E-state index in [1.165, 1.54) is 19.2 Å². The van der Waals surface area contributed by atoms with E-state index < -0.39 is 12.0 Å². The average Bonchev–Trinajstić information content (AvgIpc) is 2.29. The van der Waals surface area contributed by atoms with Crippen LogP contribution in [0.4, 0.5) is 10.5 Å². The van der Waals surface area contributed by atoms with Crippen molar-refractivity contribution in [2.45, 2.75) is 0 Å². The van der Waals surface area contributed by atoms with Crippen LogP contribution in [0.5, 0.6) is 0 Å². The Morgan fingerprint density at radius 1 is 1.35 bits per heavy atom. The Morgan fingerprint density at radius 2 is 2.06 bits per heavy atom. The molecular weight excluding hydrogens is 224 g/mol. The lowest BCUT2D eigenvalue weighted by Crippen LogP contribution is -2.31. The van der Waals surface area contributed by atoms with Crippen LogP contribution >= 0.6 is 0 Å². The molecule has 92 valence electrons. The maximum absolute atomic E-state index is 11.4. The van der Waals surface area contributed by atoms with Crippen LogP contribution in [0.1, 0.15) is 10.4 Å². The van der Waals surface area contributed by atoms with Crippen LogP contribution in [0.15, 0.2) is 24.3 Å². The number of amides is 2.